The molecule has 2 atom stereocenters. The average molecular weight is 418 g/mol. The Morgan fingerprint density at radius 1 is 1.00 bits per heavy atom. The predicted molar refractivity (Wildman–Crippen MR) is 123 cm³/mol. The lowest BCUT2D eigenvalue weighted by atomic mass is 9.73. The van der Waals surface area contributed by atoms with Crippen LogP contribution in [0.2, 0.25) is 0 Å². The second-order valence-electron chi connectivity index (χ2n) is 7.95. The molecule has 0 saturated carbocycles. The van der Waals surface area contributed by atoms with Crippen LogP contribution >= 0.6 is 12.4 Å². The van der Waals surface area contributed by atoms with Gasteiger partial charge in [-0.3, -0.25) is 4.90 Å². The summed E-state index contributed by atoms with van der Waals surface area (Å²) in [6, 6.07) is 19.2. The highest BCUT2D eigenvalue weighted by molar-refractivity contribution is 5.85. The molecule has 0 bridgehead atoms. The van der Waals surface area contributed by atoms with E-state index in [1.807, 2.05) is 0 Å². The van der Waals surface area contributed by atoms with Crippen LogP contribution < -0.4 is 0 Å². The number of benzene rings is 2. The molecule has 3 nitrogen and oxygen atoms in total. The zero-order valence-corrected chi connectivity index (χ0v) is 18.7. The Hall–Kier alpha value is -1.39. The van der Waals surface area contributed by atoms with Gasteiger partial charge in [0, 0.05) is 25.6 Å². The molecule has 1 saturated heterocycles. The number of aliphatic hydroxyl groups is 1. The van der Waals surface area contributed by atoms with Crippen LogP contribution in [0.1, 0.15) is 55.7 Å². The van der Waals surface area contributed by atoms with Gasteiger partial charge in [-0.2, -0.15) is 0 Å². The quantitative estimate of drug-likeness (QED) is 0.611. The Morgan fingerprint density at radius 2 is 1.66 bits per heavy atom. The molecular weight excluding hydrogens is 382 g/mol. The van der Waals surface area contributed by atoms with Crippen LogP contribution in [0.4, 0.5) is 0 Å². The Labute approximate surface area is 182 Å². The van der Waals surface area contributed by atoms with Crippen molar-refractivity contribution in [2.24, 2.45) is 0 Å². The van der Waals surface area contributed by atoms with Crippen molar-refractivity contribution in [3.05, 3.63) is 71.3 Å². The van der Waals surface area contributed by atoms with Crippen LogP contribution in [0.5, 0.6) is 0 Å². The fourth-order valence-corrected chi connectivity index (χ4v) is 4.25. The first-order valence-corrected chi connectivity index (χ1v) is 10.8. The molecule has 2 aromatic carbocycles. The Morgan fingerprint density at radius 3 is 2.24 bits per heavy atom. The third-order valence-corrected chi connectivity index (χ3v) is 6.10. The van der Waals surface area contributed by atoms with Crippen LogP contribution in [-0.2, 0) is 16.8 Å². The van der Waals surface area contributed by atoms with Gasteiger partial charge in [0.25, 0.3) is 0 Å². The molecule has 0 radical (unpaired) electrons. The van der Waals surface area contributed by atoms with Crippen molar-refractivity contribution in [2.75, 3.05) is 32.8 Å². The molecule has 160 valence electrons. The second-order valence-corrected chi connectivity index (χ2v) is 7.95. The maximum Gasteiger partial charge on any atom is 0.0977 e. The Balaban J connectivity index is 0.00000300. The van der Waals surface area contributed by atoms with E-state index in [1.54, 1.807) is 0 Å². The molecule has 1 fully saturated rings. The van der Waals surface area contributed by atoms with Crippen LogP contribution in [0.3, 0.4) is 0 Å². The van der Waals surface area contributed by atoms with Gasteiger partial charge in [-0.05, 0) is 29.5 Å². The first-order chi connectivity index (χ1) is 13.7. The summed E-state index contributed by atoms with van der Waals surface area (Å²) in [5, 5.41) is 12.2. The van der Waals surface area contributed by atoms with Crippen molar-refractivity contribution in [2.45, 2.75) is 51.0 Å². The van der Waals surface area contributed by atoms with Gasteiger partial charge in [0.05, 0.1) is 18.8 Å². The molecule has 0 spiro atoms. The van der Waals surface area contributed by atoms with E-state index >= 15 is 0 Å². The van der Waals surface area contributed by atoms with E-state index in [9.17, 15) is 5.11 Å². The van der Waals surface area contributed by atoms with Gasteiger partial charge in [0.2, 0.25) is 0 Å². The van der Waals surface area contributed by atoms with E-state index in [-0.39, 0.29) is 18.3 Å². The monoisotopic (exact) mass is 417 g/mol. The normalized spacial score (nSPS) is 17.9. The minimum Gasteiger partial charge on any atom is -0.384 e. The molecule has 2 unspecified atom stereocenters. The maximum atomic E-state index is 12.2. The first kappa shape index (κ1) is 23.9. The van der Waals surface area contributed by atoms with Gasteiger partial charge < -0.3 is 9.84 Å². The van der Waals surface area contributed by atoms with Gasteiger partial charge in [-0.25, -0.2) is 0 Å². The second kappa shape index (κ2) is 11.7. The highest BCUT2D eigenvalue weighted by atomic mass is 35.5. The summed E-state index contributed by atoms with van der Waals surface area (Å²) in [5.41, 5.74) is 2.69. The molecule has 1 aliphatic rings. The summed E-state index contributed by atoms with van der Waals surface area (Å²) in [5.74, 6) is 0.0332. The molecule has 2 aromatic rings. The number of nitrogens with zero attached hydrogens (tertiary/aromatic N) is 1. The van der Waals surface area contributed by atoms with Gasteiger partial charge in [-0.15, -0.1) is 12.4 Å². The number of aryl methyl sites for hydroxylation is 1. The van der Waals surface area contributed by atoms with Crippen molar-refractivity contribution in [3.63, 3.8) is 0 Å². The van der Waals surface area contributed by atoms with Gasteiger partial charge in [-0.1, -0.05) is 81.3 Å². The molecule has 4 heteroatoms. The summed E-state index contributed by atoms with van der Waals surface area (Å²) in [7, 11) is 0. The Kier molecular flexibility index (Phi) is 9.64. The van der Waals surface area contributed by atoms with Crippen molar-refractivity contribution in [1.82, 2.24) is 4.90 Å². The molecule has 0 aliphatic carbocycles. The van der Waals surface area contributed by atoms with E-state index < -0.39 is 5.60 Å². The smallest absolute Gasteiger partial charge is 0.0977 e. The Bertz CT molecular complexity index is 701. The fraction of sp³-hybridized carbons (Fsp3) is 0.520. The van der Waals surface area contributed by atoms with Gasteiger partial charge in [0.15, 0.2) is 0 Å². The van der Waals surface area contributed by atoms with Crippen molar-refractivity contribution >= 4 is 12.4 Å². The molecule has 1 heterocycles. The van der Waals surface area contributed by atoms with E-state index in [0.29, 0.717) is 0 Å². The summed E-state index contributed by atoms with van der Waals surface area (Å²) in [6.45, 7) is 8.64. The molecule has 3 rings (SSSR count). The average Bonchev–Trinajstić information content (AvgIpc) is 2.77. The lowest BCUT2D eigenvalue weighted by Crippen LogP contribution is -2.45. The van der Waals surface area contributed by atoms with E-state index in [2.05, 4.69) is 73.3 Å². The van der Waals surface area contributed by atoms with E-state index in [0.717, 1.165) is 64.1 Å². The fourth-order valence-electron chi connectivity index (χ4n) is 4.25. The van der Waals surface area contributed by atoms with Crippen molar-refractivity contribution in [3.8, 4) is 0 Å². The lowest BCUT2D eigenvalue weighted by Gasteiger charge is -2.41. The lowest BCUT2D eigenvalue weighted by molar-refractivity contribution is -0.0293. The van der Waals surface area contributed by atoms with Gasteiger partial charge in [0.1, 0.15) is 0 Å². The number of hydrogen-bond donors (Lipinski definition) is 1. The third kappa shape index (κ3) is 6.05. The zero-order chi connectivity index (χ0) is 19.8. The summed E-state index contributed by atoms with van der Waals surface area (Å²) in [4.78, 5) is 2.44. The minimum absolute atomic E-state index is 0. The van der Waals surface area contributed by atoms with E-state index in [1.165, 1.54) is 11.1 Å². The van der Waals surface area contributed by atoms with Crippen molar-refractivity contribution in [1.29, 1.82) is 0 Å². The summed E-state index contributed by atoms with van der Waals surface area (Å²) in [6.07, 6.45) is 3.88. The molecule has 0 aromatic heterocycles. The molecular formula is C25H36ClNO2. The SMILES string of the molecule is CCCCC(O)(c1ccc(CC)cc1)C(CN1CCOCC1)c1ccccc1.Cl. The summed E-state index contributed by atoms with van der Waals surface area (Å²) >= 11 is 0. The molecule has 1 N–H and O–H groups in total. The number of morpholine rings is 1. The first-order valence-electron chi connectivity index (χ1n) is 10.8. The number of ether oxygens (including phenoxy) is 1. The van der Waals surface area contributed by atoms with Crippen LogP contribution in [0.25, 0.3) is 0 Å². The highest BCUT2D eigenvalue weighted by Crippen LogP contribution is 2.42. The highest BCUT2D eigenvalue weighted by Gasteiger charge is 2.40. The number of hydrogen-bond acceptors (Lipinski definition) is 3. The third-order valence-electron chi connectivity index (χ3n) is 6.10. The largest absolute Gasteiger partial charge is 0.384 e. The molecule has 0 amide bonds. The van der Waals surface area contributed by atoms with Gasteiger partial charge >= 0.3 is 0 Å². The maximum absolute atomic E-state index is 12.2. The summed E-state index contributed by atoms with van der Waals surface area (Å²) < 4.78 is 5.54. The zero-order valence-electron chi connectivity index (χ0n) is 17.8. The minimum atomic E-state index is -0.873. The standard InChI is InChI=1S/C25H35NO2.ClH/c1-3-5-15-25(27,23-13-11-21(4-2)12-14-23)24(22-9-7-6-8-10-22)20-26-16-18-28-19-17-26;/h6-14,24,27H,3-5,15-20H2,1-2H3;1H. The number of rotatable bonds is 9. The topological polar surface area (TPSA) is 32.7 Å². The van der Waals surface area contributed by atoms with Crippen LogP contribution in [0, 0.1) is 0 Å². The number of halogens is 1. The predicted octanol–water partition coefficient (Wildman–Crippen LogP) is 5.16. The van der Waals surface area contributed by atoms with E-state index in [4.69, 9.17) is 4.74 Å². The molecule has 29 heavy (non-hydrogen) atoms. The number of unbranched alkanes of at least 4 members (excludes halogenated alkanes) is 1. The molecule has 1 aliphatic heterocycles. The van der Waals surface area contributed by atoms with Crippen LogP contribution in [0.15, 0.2) is 54.6 Å². The van der Waals surface area contributed by atoms with Crippen LogP contribution in [-0.4, -0.2) is 42.9 Å². The van der Waals surface area contributed by atoms with Crippen molar-refractivity contribution < 1.29 is 9.84 Å².